The first kappa shape index (κ1) is 19.8. The zero-order valence-corrected chi connectivity index (χ0v) is 17.3. The highest BCUT2D eigenvalue weighted by Gasteiger charge is 2.43. The number of fused-ring (bicyclic) bond motifs is 2. The Hall–Kier alpha value is -3.19. The molecule has 3 aliphatic heterocycles. The molecule has 2 saturated heterocycles. The molecule has 31 heavy (non-hydrogen) atoms. The summed E-state index contributed by atoms with van der Waals surface area (Å²) in [5, 5.41) is 0. The normalized spacial score (nSPS) is 23.1. The zero-order valence-electron chi connectivity index (χ0n) is 17.3. The van der Waals surface area contributed by atoms with E-state index in [0.717, 1.165) is 24.9 Å². The highest BCUT2D eigenvalue weighted by atomic mass is 16.6. The Kier molecular flexibility index (Phi) is 5.19. The van der Waals surface area contributed by atoms with E-state index in [1.54, 1.807) is 29.2 Å². The van der Waals surface area contributed by atoms with E-state index in [1.807, 2.05) is 30.3 Å². The van der Waals surface area contributed by atoms with Crippen molar-refractivity contribution in [1.29, 1.82) is 0 Å². The maximum atomic E-state index is 12.8. The van der Waals surface area contributed by atoms with Crippen LogP contribution in [0.2, 0.25) is 0 Å². The monoisotopic (exact) mass is 419 g/mol. The summed E-state index contributed by atoms with van der Waals surface area (Å²) < 4.78 is 5.55. The summed E-state index contributed by atoms with van der Waals surface area (Å²) in [4.78, 5) is 43.9. The van der Waals surface area contributed by atoms with Gasteiger partial charge in [-0.25, -0.2) is 4.79 Å². The molecule has 3 aliphatic rings. The quantitative estimate of drug-likeness (QED) is 0.713. The molecule has 1 unspecified atom stereocenters. The summed E-state index contributed by atoms with van der Waals surface area (Å²) in [6, 6.07) is 16.7. The van der Waals surface area contributed by atoms with Crippen molar-refractivity contribution in [1.82, 2.24) is 14.7 Å². The van der Waals surface area contributed by atoms with Gasteiger partial charge in [0.1, 0.15) is 6.61 Å². The third-order valence-corrected chi connectivity index (χ3v) is 6.49. The Labute approximate surface area is 181 Å². The van der Waals surface area contributed by atoms with Gasteiger partial charge in [0.25, 0.3) is 11.8 Å². The average Bonchev–Trinajstić information content (AvgIpc) is 3.37. The highest BCUT2D eigenvalue weighted by Crippen LogP contribution is 2.29. The highest BCUT2D eigenvalue weighted by molar-refractivity contribution is 6.21. The van der Waals surface area contributed by atoms with E-state index >= 15 is 0 Å². The Morgan fingerprint density at radius 3 is 2.32 bits per heavy atom. The second-order valence-corrected chi connectivity index (χ2v) is 8.40. The van der Waals surface area contributed by atoms with Crippen LogP contribution < -0.4 is 0 Å². The molecule has 0 N–H and O–H groups in total. The number of ether oxygens (including phenoxy) is 1. The number of hydrogen-bond donors (Lipinski definition) is 0. The number of amides is 3. The third-order valence-electron chi connectivity index (χ3n) is 6.49. The smallest absolute Gasteiger partial charge is 0.410 e. The van der Waals surface area contributed by atoms with Crippen LogP contribution >= 0.6 is 0 Å². The molecule has 2 atom stereocenters. The largest absolute Gasteiger partial charge is 0.445 e. The van der Waals surface area contributed by atoms with Gasteiger partial charge >= 0.3 is 6.09 Å². The first-order valence-electron chi connectivity index (χ1n) is 10.8. The second kappa shape index (κ2) is 8.15. The molecular weight excluding hydrogens is 394 g/mol. The molecule has 0 bridgehead atoms. The fourth-order valence-corrected chi connectivity index (χ4v) is 4.96. The van der Waals surface area contributed by atoms with Gasteiger partial charge in [-0.3, -0.25) is 19.4 Å². The summed E-state index contributed by atoms with van der Waals surface area (Å²) in [6.07, 6.45) is 1.71. The number of benzene rings is 2. The van der Waals surface area contributed by atoms with E-state index in [2.05, 4.69) is 4.90 Å². The Morgan fingerprint density at radius 1 is 0.935 bits per heavy atom. The van der Waals surface area contributed by atoms with Crippen LogP contribution in [0.15, 0.2) is 54.6 Å². The lowest BCUT2D eigenvalue weighted by Crippen LogP contribution is -2.61. The number of piperazine rings is 1. The number of hydrogen-bond acceptors (Lipinski definition) is 5. The maximum Gasteiger partial charge on any atom is 0.410 e. The van der Waals surface area contributed by atoms with Gasteiger partial charge in [0.2, 0.25) is 0 Å². The molecule has 0 aromatic heterocycles. The summed E-state index contributed by atoms with van der Waals surface area (Å²) >= 11 is 0. The second-order valence-electron chi connectivity index (χ2n) is 8.40. The summed E-state index contributed by atoms with van der Waals surface area (Å²) in [5.74, 6) is -0.500. The van der Waals surface area contributed by atoms with Crippen molar-refractivity contribution in [3.8, 4) is 0 Å². The van der Waals surface area contributed by atoms with Gasteiger partial charge in [-0.2, -0.15) is 0 Å². The van der Waals surface area contributed by atoms with Gasteiger partial charge in [-0.1, -0.05) is 42.5 Å². The van der Waals surface area contributed by atoms with Crippen LogP contribution in [-0.2, 0) is 11.3 Å². The molecule has 0 saturated carbocycles. The van der Waals surface area contributed by atoms with Crippen LogP contribution in [0.1, 0.15) is 39.1 Å². The van der Waals surface area contributed by atoms with E-state index in [1.165, 1.54) is 4.90 Å². The topological polar surface area (TPSA) is 70.2 Å². The van der Waals surface area contributed by atoms with Gasteiger partial charge in [0.05, 0.1) is 11.1 Å². The SMILES string of the molecule is O=C(OCc1ccccc1)N1CC(CN2C(=O)c3ccccc3C2=O)N2CCC[C@H]2C1. The Bertz CT molecular complexity index is 974. The van der Waals surface area contributed by atoms with E-state index in [4.69, 9.17) is 4.74 Å². The minimum atomic E-state index is -0.345. The molecule has 3 heterocycles. The molecule has 0 radical (unpaired) electrons. The van der Waals surface area contributed by atoms with Crippen LogP contribution in [0.4, 0.5) is 4.79 Å². The van der Waals surface area contributed by atoms with Gasteiger partial charge in [-0.15, -0.1) is 0 Å². The minimum absolute atomic E-state index is 0.0901. The third kappa shape index (κ3) is 3.70. The average molecular weight is 419 g/mol. The van der Waals surface area contributed by atoms with Crippen molar-refractivity contribution < 1.29 is 19.1 Å². The minimum Gasteiger partial charge on any atom is -0.445 e. The molecule has 2 aromatic rings. The molecule has 2 aromatic carbocycles. The van der Waals surface area contributed by atoms with Crippen LogP contribution in [0.5, 0.6) is 0 Å². The lowest BCUT2D eigenvalue weighted by atomic mass is 10.1. The fourth-order valence-electron chi connectivity index (χ4n) is 4.96. The number of imide groups is 1. The van der Waals surface area contributed by atoms with Gasteiger partial charge in [0.15, 0.2) is 0 Å². The fraction of sp³-hybridized carbons (Fsp3) is 0.375. The predicted molar refractivity (Wildman–Crippen MR) is 114 cm³/mol. The number of nitrogens with zero attached hydrogens (tertiary/aromatic N) is 3. The van der Waals surface area contributed by atoms with Crippen molar-refractivity contribution in [2.45, 2.75) is 31.5 Å². The van der Waals surface area contributed by atoms with E-state index < -0.39 is 0 Å². The molecule has 0 aliphatic carbocycles. The lowest BCUT2D eigenvalue weighted by molar-refractivity contribution is 0.0205. The maximum absolute atomic E-state index is 12.8. The van der Waals surface area contributed by atoms with E-state index in [0.29, 0.717) is 24.2 Å². The summed E-state index contributed by atoms with van der Waals surface area (Å²) in [7, 11) is 0. The number of carbonyl (C=O) groups excluding carboxylic acids is 3. The van der Waals surface area contributed by atoms with Gasteiger partial charge in [-0.05, 0) is 37.1 Å². The van der Waals surface area contributed by atoms with Crippen LogP contribution in [0, 0.1) is 0 Å². The van der Waals surface area contributed by atoms with Crippen molar-refractivity contribution in [2.24, 2.45) is 0 Å². The number of carbonyl (C=O) groups is 3. The van der Waals surface area contributed by atoms with Crippen molar-refractivity contribution in [3.63, 3.8) is 0 Å². The molecule has 5 rings (SSSR count). The molecular formula is C24H25N3O4. The van der Waals surface area contributed by atoms with Crippen LogP contribution in [0.3, 0.4) is 0 Å². The molecule has 3 amide bonds. The molecule has 2 fully saturated rings. The van der Waals surface area contributed by atoms with Crippen LogP contribution in [-0.4, -0.2) is 70.9 Å². The molecule has 7 nitrogen and oxygen atoms in total. The summed E-state index contributed by atoms with van der Waals surface area (Å²) in [6.45, 7) is 2.49. The first-order chi connectivity index (χ1) is 15.1. The van der Waals surface area contributed by atoms with E-state index in [-0.39, 0.29) is 43.1 Å². The zero-order chi connectivity index (χ0) is 21.4. The van der Waals surface area contributed by atoms with Gasteiger partial charge < -0.3 is 9.64 Å². The molecule has 0 spiro atoms. The van der Waals surface area contributed by atoms with Crippen molar-refractivity contribution in [3.05, 3.63) is 71.3 Å². The summed E-state index contributed by atoms with van der Waals surface area (Å²) in [5.41, 5.74) is 1.86. The van der Waals surface area contributed by atoms with Gasteiger partial charge in [0, 0.05) is 31.7 Å². The molecule has 7 heteroatoms. The van der Waals surface area contributed by atoms with Crippen LogP contribution in [0.25, 0.3) is 0 Å². The van der Waals surface area contributed by atoms with Crippen molar-refractivity contribution in [2.75, 3.05) is 26.2 Å². The standard InChI is InChI=1S/C24H25N3O4/c28-22-20-10-4-5-11-21(20)23(29)27(22)15-19-14-25(13-18-9-6-12-26(18)19)24(30)31-16-17-7-2-1-3-8-17/h1-5,7-8,10-11,18-19H,6,9,12-16H2/t18-,19?/m0/s1. The molecule has 160 valence electrons. The predicted octanol–water partition coefficient (Wildman–Crippen LogP) is 2.77. The Balaban J connectivity index is 1.29. The van der Waals surface area contributed by atoms with Crippen molar-refractivity contribution >= 4 is 17.9 Å². The first-order valence-corrected chi connectivity index (χ1v) is 10.8. The Morgan fingerprint density at radius 2 is 1.61 bits per heavy atom. The lowest BCUT2D eigenvalue weighted by Gasteiger charge is -2.44. The number of rotatable bonds is 4. The van der Waals surface area contributed by atoms with E-state index in [9.17, 15) is 14.4 Å².